The quantitative estimate of drug-likeness (QED) is 0.930. The van der Waals surface area contributed by atoms with E-state index in [1.54, 1.807) is 0 Å². The van der Waals surface area contributed by atoms with E-state index in [9.17, 15) is 4.79 Å². The number of aryl methyl sites for hydroxylation is 1. The molecule has 1 N–H and O–H groups in total. The third kappa shape index (κ3) is 2.87. The predicted molar refractivity (Wildman–Crippen MR) is 95.5 cm³/mol. The zero-order chi connectivity index (χ0) is 17.7. The van der Waals surface area contributed by atoms with Gasteiger partial charge in [-0.15, -0.1) is 0 Å². The number of amides is 1. The van der Waals surface area contributed by atoms with Crippen LogP contribution in [-0.2, 0) is 7.05 Å². The first-order chi connectivity index (χ1) is 12.0. The van der Waals surface area contributed by atoms with Gasteiger partial charge in [-0.25, -0.2) is 4.98 Å². The summed E-state index contributed by atoms with van der Waals surface area (Å²) in [6.07, 6.45) is 4.51. The SMILES string of the molecule is Cc1c(C(=O)N2C[C@H](c3nc(C(C)C)n[nH]3)[C@@H](C3CC3)C2)ccn1C. The molecule has 2 aromatic rings. The van der Waals surface area contributed by atoms with Crippen LogP contribution < -0.4 is 0 Å². The lowest BCUT2D eigenvalue weighted by molar-refractivity contribution is 0.0784. The summed E-state index contributed by atoms with van der Waals surface area (Å²) >= 11 is 0. The maximum Gasteiger partial charge on any atom is 0.255 e. The number of hydrogen-bond acceptors (Lipinski definition) is 3. The zero-order valence-corrected chi connectivity index (χ0v) is 15.5. The van der Waals surface area contributed by atoms with Crippen LogP contribution in [0.25, 0.3) is 0 Å². The van der Waals surface area contributed by atoms with Gasteiger partial charge in [0.2, 0.25) is 0 Å². The van der Waals surface area contributed by atoms with Crippen molar-refractivity contribution in [2.75, 3.05) is 13.1 Å². The van der Waals surface area contributed by atoms with Crippen molar-refractivity contribution in [1.29, 1.82) is 0 Å². The van der Waals surface area contributed by atoms with Gasteiger partial charge in [0.05, 0.1) is 5.56 Å². The highest BCUT2D eigenvalue weighted by Crippen LogP contribution is 2.47. The second-order valence-electron chi connectivity index (χ2n) is 7.98. The summed E-state index contributed by atoms with van der Waals surface area (Å²) in [6.45, 7) is 7.79. The molecule has 3 heterocycles. The molecule has 1 saturated heterocycles. The van der Waals surface area contributed by atoms with E-state index < -0.39 is 0 Å². The molecule has 0 bridgehead atoms. The molecular formula is C19H27N5O. The lowest BCUT2D eigenvalue weighted by atomic mass is 9.91. The standard InChI is InChI=1S/C19H27N5O/c1-11(2)17-20-18(22-21-17)16-10-24(9-15(16)13-5-6-13)19(25)14-7-8-23(4)12(14)3/h7-8,11,13,15-16H,5-6,9-10H2,1-4H3,(H,20,21,22)/t15-,16+/m1/s1. The van der Waals surface area contributed by atoms with Gasteiger partial charge < -0.3 is 9.47 Å². The van der Waals surface area contributed by atoms with Gasteiger partial charge >= 0.3 is 0 Å². The van der Waals surface area contributed by atoms with E-state index in [0.29, 0.717) is 11.8 Å². The van der Waals surface area contributed by atoms with Crippen LogP contribution in [0.4, 0.5) is 0 Å². The molecule has 1 amide bonds. The van der Waals surface area contributed by atoms with Gasteiger partial charge in [-0.05, 0) is 37.7 Å². The summed E-state index contributed by atoms with van der Waals surface area (Å²) in [5, 5.41) is 7.53. The first-order valence-corrected chi connectivity index (χ1v) is 9.29. The topological polar surface area (TPSA) is 66.8 Å². The molecule has 0 aromatic carbocycles. The molecule has 6 nitrogen and oxygen atoms in total. The van der Waals surface area contributed by atoms with Crippen LogP contribution >= 0.6 is 0 Å². The first-order valence-electron chi connectivity index (χ1n) is 9.29. The number of rotatable bonds is 4. The summed E-state index contributed by atoms with van der Waals surface area (Å²) in [6, 6.07) is 1.93. The molecule has 2 fully saturated rings. The summed E-state index contributed by atoms with van der Waals surface area (Å²) in [4.78, 5) is 19.8. The molecule has 1 aliphatic heterocycles. The number of aromatic amines is 1. The predicted octanol–water partition coefficient (Wildman–Crippen LogP) is 2.84. The lowest BCUT2D eigenvalue weighted by Crippen LogP contribution is -2.29. The van der Waals surface area contributed by atoms with E-state index in [2.05, 4.69) is 24.0 Å². The van der Waals surface area contributed by atoms with Crippen LogP contribution in [-0.4, -0.2) is 43.6 Å². The van der Waals surface area contributed by atoms with Crippen molar-refractivity contribution in [3.8, 4) is 0 Å². The average Bonchev–Trinajstić information content (AvgIpc) is 3.01. The first kappa shape index (κ1) is 16.4. The second kappa shape index (κ2) is 6.00. The van der Waals surface area contributed by atoms with Crippen molar-refractivity contribution in [3.05, 3.63) is 35.2 Å². The van der Waals surface area contributed by atoms with E-state index in [4.69, 9.17) is 4.98 Å². The van der Waals surface area contributed by atoms with Crippen LogP contribution in [0.1, 0.15) is 66.2 Å². The Kier molecular flexibility index (Phi) is 3.93. The van der Waals surface area contributed by atoms with Crippen molar-refractivity contribution >= 4 is 5.91 Å². The van der Waals surface area contributed by atoms with Crippen LogP contribution in [0.5, 0.6) is 0 Å². The summed E-state index contributed by atoms with van der Waals surface area (Å²) in [5.74, 6) is 3.80. The minimum absolute atomic E-state index is 0.148. The van der Waals surface area contributed by atoms with Gasteiger partial charge in [0.1, 0.15) is 5.82 Å². The number of nitrogens with one attached hydrogen (secondary N) is 1. The third-order valence-corrected chi connectivity index (χ3v) is 5.88. The van der Waals surface area contributed by atoms with E-state index in [-0.39, 0.29) is 11.8 Å². The monoisotopic (exact) mass is 341 g/mol. The molecule has 0 spiro atoms. The van der Waals surface area contributed by atoms with Crippen LogP contribution in [0.2, 0.25) is 0 Å². The minimum Gasteiger partial charge on any atom is -0.354 e. The maximum atomic E-state index is 13.0. The summed E-state index contributed by atoms with van der Waals surface area (Å²) in [5.41, 5.74) is 1.84. The smallest absolute Gasteiger partial charge is 0.255 e. The molecule has 2 aromatic heterocycles. The Morgan fingerprint density at radius 3 is 2.64 bits per heavy atom. The highest BCUT2D eigenvalue weighted by Gasteiger charge is 2.46. The third-order valence-electron chi connectivity index (χ3n) is 5.88. The van der Waals surface area contributed by atoms with Gasteiger partial charge in [-0.3, -0.25) is 9.89 Å². The molecule has 6 heteroatoms. The van der Waals surface area contributed by atoms with Crippen molar-refractivity contribution in [2.45, 2.75) is 45.4 Å². The fourth-order valence-corrected chi connectivity index (χ4v) is 4.00. The highest BCUT2D eigenvalue weighted by atomic mass is 16.2. The molecule has 4 rings (SSSR count). The Morgan fingerprint density at radius 2 is 2.08 bits per heavy atom. The molecule has 2 aliphatic rings. The van der Waals surface area contributed by atoms with E-state index in [1.807, 2.05) is 35.7 Å². The van der Waals surface area contributed by atoms with E-state index in [1.165, 1.54) is 12.8 Å². The van der Waals surface area contributed by atoms with Crippen LogP contribution in [0.3, 0.4) is 0 Å². The Labute approximate surface area is 148 Å². The molecule has 0 unspecified atom stereocenters. The minimum atomic E-state index is 0.148. The van der Waals surface area contributed by atoms with E-state index >= 15 is 0 Å². The Bertz CT molecular complexity index is 786. The van der Waals surface area contributed by atoms with Gasteiger partial charge in [0.15, 0.2) is 5.82 Å². The molecule has 134 valence electrons. The molecule has 1 aliphatic carbocycles. The van der Waals surface area contributed by atoms with Gasteiger partial charge in [-0.2, -0.15) is 5.10 Å². The Hall–Kier alpha value is -2.11. The molecule has 25 heavy (non-hydrogen) atoms. The summed E-state index contributed by atoms with van der Waals surface area (Å²) in [7, 11) is 1.98. The molecule has 1 saturated carbocycles. The Morgan fingerprint density at radius 1 is 1.32 bits per heavy atom. The van der Waals surface area contributed by atoms with Gasteiger partial charge in [-0.1, -0.05) is 13.8 Å². The van der Waals surface area contributed by atoms with Crippen molar-refractivity contribution in [2.24, 2.45) is 18.9 Å². The summed E-state index contributed by atoms with van der Waals surface area (Å²) < 4.78 is 2.00. The van der Waals surface area contributed by atoms with Gasteiger partial charge in [0.25, 0.3) is 5.91 Å². The number of carbonyl (C=O) groups is 1. The average molecular weight is 341 g/mol. The van der Waals surface area contributed by atoms with Crippen LogP contribution in [0, 0.1) is 18.8 Å². The number of H-pyrrole nitrogens is 1. The van der Waals surface area contributed by atoms with Crippen molar-refractivity contribution < 1.29 is 4.79 Å². The number of nitrogens with zero attached hydrogens (tertiary/aromatic N) is 4. The van der Waals surface area contributed by atoms with E-state index in [0.717, 1.165) is 41.9 Å². The molecular weight excluding hydrogens is 314 g/mol. The lowest BCUT2D eigenvalue weighted by Gasteiger charge is -2.16. The largest absolute Gasteiger partial charge is 0.354 e. The molecule has 0 radical (unpaired) electrons. The van der Waals surface area contributed by atoms with Crippen molar-refractivity contribution in [1.82, 2.24) is 24.6 Å². The number of carbonyl (C=O) groups excluding carboxylic acids is 1. The fourth-order valence-electron chi connectivity index (χ4n) is 4.00. The van der Waals surface area contributed by atoms with Crippen molar-refractivity contribution in [3.63, 3.8) is 0 Å². The maximum absolute atomic E-state index is 13.0. The number of hydrogen-bond donors (Lipinski definition) is 1. The normalized spacial score (nSPS) is 23.6. The number of aromatic nitrogens is 4. The number of likely N-dealkylation sites (tertiary alicyclic amines) is 1. The molecule has 2 atom stereocenters. The van der Waals surface area contributed by atoms with Gasteiger partial charge in [0, 0.05) is 43.9 Å². The highest BCUT2D eigenvalue weighted by molar-refractivity contribution is 5.95. The zero-order valence-electron chi connectivity index (χ0n) is 15.5. The second-order valence-corrected chi connectivity index (χ2v) is 7.98. The van der Waals surface area contributed by atoms with Crippen LogP contribution in [0.15, 0.2) is 12.3 Å². The Balaban J connectivity index is 1.58. The fraction of sp³-hybridized carbons (Fsp3) is 0.632.